The summed E-state index contributed by atoms with van der Waals surface area (Å²) in [6.07, 6.45) is 0. The Kier molecular flexibility index (Phi) is 4.60. The van der Waals surface area contributed by atoms with Gasteiger partial charge in [0.05, 0.1) is 5.75 Å². The number of ketones is 1. The number of aromatic nitrogens is 1. The smallest absolute Gasteiger partial charge is 0.174 e. The highest BCUT2D eigenvalue weighted by atomic mass is 32.2. The summed E-state index contributed by atoms with van der Waals surface area (Å²) in [7, 11) is 0. The number of benzene rings is 1. The maximum absolute atomic E-state index is 13.0. The van der Waals surface area contributed by atoms with Crippen molar-refractivity contribution < 1.29 is 13.6 Å². The number of nitrogens with one attached hydrogen (secondary N) is 1. The molecule has 2 aromatic rings. The molecular weight excluding hydrogens is 280 g/mol. The summed E-state index contributed by atoms with van der Waals surface area (Å²) in [5.74, 6) is -0.873. The van der Waals surface area contributed by atoms with Crippen LogP contribution in [0.3, 0.4) is 0 Å². The maximum atomic E-state index is 13.0. The number of aryl methyl sites for hydroxylation is 2. The number of aromatic amines is 1. The minimum atomic E-state index is -0.855. The van der Waals surface area contributed by atoms with Gasteiger partial charge in [-0.1, -0.05) is 6.07 Å². The molecule has 5 heteroatoms. The zero-order valence-electron chi connectivity index (χ0n) is 11.3. The first-order valence-corrected chi connectivity index (χ1v) is 7.34. The predicted molar refractivity (Wildman–Crippen MR) is 77.1 cm³/mol. The first-order valence-electron chi connectivity index (χ1n) is 6.18. The van der Waals surface area contributed by atoms with E-state index >= 15 is 0 Å². The van der Waals surface area contributed by atoms with Crippen molar-refractivity contribution in [2.75, 3.05) is 5.75 Å². The lowest BCUT2D eigenvalue weighted by Gasteiger charge is -2.02. The van der Waals surface area contributed by atoms with Gasteiger partial charge in [-0.3, -0.25) is 4.79 Å². The van der Waals surface area contributed by atoms with Crippen molar-refractivity contribution in [2.24, 2.45) is 0 Å². The van der Waals surface area contributed by atoms with Crippen LogP contribution in [0, 0.1) is 25.5 Å². The number of H-pyrrole nitrogens is 1. The molecule has 0 aliphatic rings. The molecule has 0 aliphatic heterocycles. The van der Waals surface area contributed by atoms with Crippen molar-refractivity contribution in [3.63, 3.8) is 0 Å². The number of hydrogen-bond acceptors (Lipinski definition) is 2. The molecule has 20 heavy (non-hydrogen) atoms. The van der Waals surface area contributed by atoms with E-state index in [2.05, 4.69) is 4.98 Å². The van der Waals surface area contributed by atoms with Crippen LogP contribution >= 0.6 is 11.8 Å². The summed E-state index contributed by atoms with van der Waals surface area (Å²) < 4.78 is 25.8. The van der Waals surface area contributed by atoms with Gasteiger partial charge in [-0.25, -0.2) is 8.78 Å². The minimum Gasteiger partial charge on any atom is -0.362 e. The van der Waals surface area contributed by atoms with E-state index in [-0.39, 0.29) is 5.78 Å². The lowest BCUT2D eigenvalue weighted by Crippen LogP contribution is -2.03. The van der Waals surface area contributed by atoms with E-state index in [0.29, 0.717) is 22.6 Å². The van der Waals surface area contributed by atoms with Crippen molar-refractivity contribution in [1.82, 2.24) is 4.98 Å². The molecule has 0 saturated heterocycles. The number of thioether (sulfide) groups is 1. The van der Waals surface area contributed by atoms with Crippen LogP contribution in [-0.2, 0) is 5.75 Å². The van der Waals surface area contributed by atoms with Gasteiger partial charge in [0.2, 0.25) is 0 Å². The van der Waals surface area contributed by atoms with Crippen LogP contribution in [0.15, 0.2) is 24.3 Å². The fourth-order valence-electron chi connectivity index (χ4n) is 1.98. The largest absolute Gasteiger partial charge is 0.362 e. The molecule has 0 aliphatic carbocycles. The van der Waals surface area contributed by atoms with Gasteiger partial charge in [-0.15, -0.1) is 11.8 Å². The third-order valence-electron chi connectivity index (χ3n) is 2.94. The van der Waals surface area contributed by atoms with Crippen LogP contribution in [0.25, 0.3) is 0 Å². The molecule has 2 rings (SSSR count). The molecule has 1 heterocycles. The van der Waals surface area contributed by atoms with Crippen LogP contribution in [0.2, 0.25) is 0 Å². The second-order valence-electron chi connectivity index (χ2n) is 4.66. The van der Waals surface area contributed by atoms with Crippen molar-refractivity contribution >= 4 is 17.5 Å². The summed E-state index contributed by atoms with van der Waals surface area (Å²) in [6.45, 7) is 3.76. The fourth-order valence-corrected chi connectivity index (χ4v) is 2.84. The van der Waals surface area contributed by atoms with E-state index in [0.717, 1.165) is 17.5 Å². The monoisotopic (exact) mass is 295 g/mol. The Morgan fingerprint density at radius 1 is 1.20 bits per heavy atom. The standard InChI is InChI=1S/C15H15F2NOS/c1-9-5-12(10(2)18-9)15(19)8-20-7-11-3-4-13(16)14(17)6-11/h3-6,18H,7-8H2,1-2H3. The molecule has 0 spiro atoms. The number of hydrogen-bond donors (Lipinski definition) is 1. The topological polar surface area (TPSA) is 32.9 Å². The molecule has 0 unspecified atom stereocenters. The van der Waals surface area contributed by atoms with Crippen molar-refractivity contribution in [2.45, 2.75) is 19.6 Å². The molecule has 0 bridgehead atoms. The highest BCUT2D eigenvalue weighted by Gasteiger charge is 2.11. The van der Waals surface area contributed by atoms with Gasteiger partial charge < -0.3 is 4.98 Å². The third-order valence-corrected chi connectivity index (χ3v) is 3.94. The molecular formula is C15H15F2NOS. The number of rotatable bonds is 5. The fraction of sp³-hybridized carbons (Fsp3) is 0.267. The van der Waals surface area contributed by atoms with Gasteiger partial charge in [0.25, 0.3) is 0 Å². The molecule has 0 amide bonds. The van der Waals surface area contributed by atoms with Gasteiger partial charge >= 0.3 is 0 Å². The Morgan fingerprint density at radius 3 is 2.55 bits per heavy atom. The Labute approximate surface area is 120 Å². The zero-order chi connectivity index (χ0) is 14.7. The minimum absolute atomic E-state index is 0.0411. The molecule has 2 nitrogen and oxygen atoms in total. The van der Waals surface area contributed by atoms with Crippen LogP contribution in [-0.4, -0.2) is 16.5 Å². The summed E-state index contributed by atoms with van der Waals surface area (Å²) in [6, 6.07) is 5.63. The second kappa shape index (κ2) is 6.22. The average Bonchev–Trinajstić information content (AvgIpc) is 2.73. The van der Waals surface area contributed by atoms with Gasteiger partial charge in [-0.2, -0.15) is 0 Å². The Bertz CT molecular complexity index is 637. The Hall–Kier alpha value is -1.62. The van der Waals surface area contributed by atoms with Gasteiger partial charge in [0, 0.05) is 22.7 Å². The SMILES string of the molecule is Cc1cc(C(=O)CSCc2ccc(F)c(F)c2)c(C)[nH]1. The highest BCUT2D eigenvalue weighted by molar-refractivity contribution is 7.99. The molecule has 106 valence electrons. The van der Waals surface area contributed by atoms with Gasteiger partial charge in [0.15, 0.2) is 17.4 Å². The van der Waals surface area contributed by atoms with Crippen LogP contribution in [0.4, 0.5) is 8.78 Å². The van der Waals surface area contributed by atoms with Crippen molar-refractivity contribution in [3.8, 4) is 0 Å². The van der Waals surface area contributed by atoms with E-state index in [9.17, 15) is 13.6 Å². The van der Waals surface area contributed by atoms with Gasteiger partial charge in [0.1, 0.15) is 0 Å². The molecule has 0 saturated carbocycles. The number of halogens is 2. The molecule has 0 radical (unpaired) electrons. The number of carbonyl (C=O) groups is 1. The van der Waals surface area contributed by atoms with E-state index in [1.165, 1.54) is 23.9 Å². The summed E-state index contributed by atoms with van der Waals surface area (Å²) >= 11 is 1.39. The molecule has 1 N–H and O–H groups in total. The van der Waals surface area contributed by atoms with Crippen LogP contribution < -0.4 is 0 Å². The lowest BCUT2D eigenvalue weighted by molar-refractivity contribution is 0.102. The summed E-state index contributed by atoms with van der Waals surface area (Å²) in [4.78, 5) is 15.1. The first kappa shape index (κ1) is 14.8. The van der Waals surface area contributed by atoms with E-state index < -0.39 is 11.6 Å². The van der Waals surface area contributed by atoms with E-state index in [1.54, 1.807) is 0 Å². The van der Waals surface area contributed by atoms with Crippen LogP contribution in [0.1, 0.15) is 27.3 Å². The summed E-state index contributed by atoms with van der Waals surface area (Å²) in [5.41, 5.74) is 3.18. The Morgan fingerprint density at radius 2 is 1.95 bits per heavy atom. The normalized spacial score (nSPS) is 10.8. The highest BCUT2D eigenvalue weighted by Crippen LogP contribution is 2.18. The third kappa shape index (κ3) is 3.48. The van der Waals surface area contributed by atoms with E-state index in [4.69, 9.17) is 0 Å². The average molecular weight is 295 g/mol. The van der Waals surface area contributed by atoms with Crippen LogP contribution in [0.5, 0.6) is 0 Å². The quantitative estimate of drug-likeness (QED) is 0.845. The molecule has 1 aromatic heterocycles. The number of carbonyl (C=O) groups excluding carboxylic acids is 1. The lowest BCUT2D eigenvalue weighted by atomic mass is 10.2. The van der Waals surface area contributed by atoms with E-state index in [1.807, 2.05) is 19.9 Å². The summed E-state index contributed by atoms with van der Waals surface area (Å²) in [5, 5.41) is 0. The van der Waals surface area contributed by atoms with Crippen molar-refractivity contribution in [3.05, 3.63) is 58.4 Å². The zero-order valence-corrected chi connectivity index (χ0v) is 12.1. The second-order valence-corrected chi connectivity index (χ2v) is 5.64. The predicted octanol–water partition coefficient (Wildman–Crippen LogP) is 4.03. The molecule has 1 aromatic carbocycles. The van der Waals surface area contributed by atoms with Crippen molar-refractivity contribution in [1.29, 1.82) is 0 Å². The number of Topliss-reactive ketones (excluding diaryl/α,β-unsaturated/α-hetero) is 1. The maximum Gasteiger partial charge on any atom is 0.174 e. The van der Waals surface area contributed by atoms with Gasteiger partial charge in [-0.05, 0) is 37.6 Å². The molecule has 0 atom stereocenters. The molecule has 0 fully saturated rings. The first-order chi connectivity index (χ1) is 9.47. The Balaban J connectivity index is 1.91.